The van der Waals surface area contributed by atoms with Gasteiger partial charge in [0.1, 0.15) is 10.9 Å². The summed E-state index contributed by atoms with van der Waals surface area (Å²) in [5.74, 6) is -1.83. The summed E-state index contributed by atoms with van der Waals surface area (Å²) in [5.41, 5.74) is 2.93. The molecule has 0 radical (unpaired) electrons. The van der Waals surface area contributed by atoms with Crippen LogP contribution in [0.3, 0.4) is 0 Å². The maximum absolute atomic E-state index is 13.6. The van der Waals surface area contributed by atoms with Gasteiger partial charge >= 0.3 is 5.97 Å². The van der Waals surface area contributed by atoms with E-state index in [0.717, 1.165) is 10.5 Å². The van der Waals surface area contributed by atoms with Gasteiger partial charge in [0.2, 0.25) is 5.91 Å². The highest BCUT2D eigenvalue weighted by Gasteiger charge is 2.24. The van der Waals surface area contributed by atoms with Gasteiger partial charge in [-0.15, -0.1) is 11.8 Å². The number of carbonyl (C=O) groups is 4. The molecule has 0 saturated heterocycles. The van der Waals surface area contributed by atoms with Gasteiger partial charge < -0.3 is 20.7 Å². The number of hydrogen-bond acceptors (Lipinski definition) is 7. The normalized spacial score (nSPS) is 11.6. The summed E-state index contributed by atoms with van der Waals surface area (Å²) >= 11 is 1.31. The molecule has 5 aromatic rings. The van der Waals surface area contributed by atoms with Gasteiger partial charge in [-0.05, 0) is 71.8 Å². The molecule has 5 rings (SSSR count). The summed E-state index contributed by atoms with van der Waals surface area (Å²) in [4.78, 5) is 57.0. The van der Waals surface area contributed by atoms with E-state index in [1.54, 1.807) is 109 Å². The second-order valence-electron chi connectivity index (χ2n) is 10.1. The van der Waals surface area contributed by atoms with Crippen LogP contribution in [0.4, 0.5) is 11.4 Å². The monoisotopic (exact) mass is 642 g/mol. The van der Waals surface area contributed by atoms with Crippen molar-refractivity contribution >= 4 is 52.9 Å². The Labute approximate surface area is 276 Å². The Bertz CT molecular complexity index is 1880. The average molecular weight is 643 g/mol. The van der Waals surface area contributed by atoms with Gasteiger partial charge in [0, 0.05) is 28.5 Å². The molecule has 1 unspecified atom stereocenters. The molecule has 4 aromatic carbocycles. The number of thioether (sulfide) groups is 1. The average Bonchev–Trinajstić information content (AvgIpc) is 3.12. The predicted molar refractivity (Wildman–Crippen MR) is 183 cm³/mol. The van der Waals surface area contributed by atoms with Crippen molar-refractivity contribution < 1.29 is 23.9 Å². The van der Waals surface area contributed by atoms with Crippen LogP contribution >= 0.6 is 11.8 Å². The van der Waals surface area contributed by atoms with Crippen LogP contribution in [-0.2, 0) is 14.3 Å². The number of benzene rings is 4. The molecule has 0 fully saturated rings. The minimum Gasteiger partial charge on any atom is -0.465 e. The van der Waals surface area contributed by atoms with Crippen LogP contribution in [0.5, 0.6) is 0 Å². The van der Waals surface area contributed by atoms with E-state index >= 15 is 0 Å². The third-order valence-electron chi connectivity index (χ3n) is 6.82. The first kappa shape index (κ1) is 32.4. The number of nitrogens with one attached hydrogen (secondary N) is 3. The molecular formula is C37H30N4O5S. The molecule has 3 N–H and O–H groups in total. The van der Waals surface area contributed by atoms with Crippen molar-refractivity contribution in [1.29, 1.82) is 0 Å². The highest BCUT2D eigenvalue weighted by Crippen LogP contribution is 2.37. The minimum atomic E-state index is -0.662. The van der Waals surface area contributed by atoms with Crippen LogP contribution in [0.15, 0.2) is 144 Å². The number of para-hydroxylation sites is 1. The van der Waals surface area contributed by atoms with Crippen molar-refractivity contribution in [3.8, 4) is 0 Å². The highest BCUT2D eigenvalue weighted by molar-refractivity contribution is 8.00. The zero-order valence-corrected chi connectivity index (χ0v) is 26.1. The molecule has 234 valence electrons. The molecule has 3 amide bonds. The summed E-state index contributed by atoms with van der Waals surface area (Å²) in [6, 6.07) is 35.1. The number of nitrogens with zero attached hydrogens (tertiary/aromatic N) is 1. The van der Waals surface area contributed by atoms with Crippen LogP contribution in [-0.4, -0.2) is 35.8 Å². The smallest absolute Gasteiger partial charge is 0.339 e. The lowest BCUT2D eigenvalue weighted by molar-refractivity contribution is -0.116. The van der Waals surface area contributed by atoms with E-state index in [1.807, 2.05) is 30.3 Å². The molecule has 0 bridgehead atoms. The number of carbonyl (C=O) groups excluding carboxylic acids is 4. The number of esters is 1. The molecule has 0 aliphatic heterocycles. The molecule has 1 aromatic heterocycles. The number of amides is 3. The summed E-state index contributed by atoms with van der Waals surface area (Å²) < 4.78 is 4.87. The Kier molecular flexibility index (Phi) is 10.9. The van der Waals surface area contributed by atoms with Crippen LogP contribution in [0, 0.1) is 0 Å². The summed E-state index contributed by atoms with van der Waals surface area (Å²) in [6.45, 7) is 0. The van der Waals surface area contributed by atoms with Gasteiger partial charge in [0.15, 0.2) is 0 Å². The molecule has 10 heteroatoms. The first-order chi connectivity index (χ1) is 22.9. The molecule has 47 heavy (non-hydrogen) atoms. The largest absolute Gasteiger partial charge is 0.465 e. The van der Waals surface area contributed by atoms with Crippen molar-refractivity contribution in [2.45, 2.75) is 10.1 Å². The Balaban J connectivity index is 1.33. The molecule has 0 aliphatic carbocycles. The zero-order chi connectivity index (χ0) is 33.0. The molecule has 1 heterocycles. The van der Waals surface area contributed by atoms with Crippen LogP contribution in [0.25, 0.3) is 6.08 Å². The molecule has 0 spiro atoms. The maximum Gasteiger partial charge on any atom is 0.339 e. The minimum absolute atomic E-state index is 0.0401. The van der Waals surface area contributed by atoms with E-state index in [9.17, 15) is 19.2 Å². The van der Waals surface area contributed by atoms with Crippen LogP contribution < -0.4 is 16.0 Å². The number of anilines is 2. The standard InChI is InChI=1S/C37H30N4O5S/c1-46-37(45)30-16-8-9-17-31(30)40-36(44)33(26-12-4-2-5-13-26)47-29-20-18-28(19-21-29)39-35(43)32(23-25-11-10-22-38-24-25)41-34(42)27-14-6-3-7-15-27/h2-24,33H,1H3,(H,39,43)(H,40,44)(H,41,42)/b32-23-. The van der Waals surface area contributed by atoms with E-state index < -0.39 is 23.0 Å². The topological polar surface area (TPSA) is 126 Å². The van der Waals surface area contributed by atoms with Gasteiger partial charge in [-0.3, -0.25) is 19.4 Å². The summed E-state index contributed by atoms with van der Waals surface area (Å²) in [5, 5.41) is 7.76. The highest BCUT2D eigenvalue weighted by atomic mass is 32.2. The van der Waals surface area contributed by atoms with E-state index in [0.29, 0.717) is 22.5 Å². The van der Waals surface area contributed by atoms with Gasteiger partial charge in [-0.25, -0.2) is 4.79 Å². The van der Waals surface area contributed by atoms with Crippen molar-refractivity contribution in [3.05, 3.63) is 162 Å². The molecule has 0 saturated carbocycles. The van der Waals surface area contributed by atoms with Crippen molar-refractivity contribution in [2.24, 2.45) is 0 Å². The Morgan fingerprint density at radius 3 is 2.13 bits per heavy atom. The van der Waals surface area contributed by atoms with Crippen molar-refractivity contribution in [3.63, 3.8) is 0 Å². The molecular weight excluding hydrogens is 612 g/mol. The Morgan fingerprint density at radius 1 is 0.766 bits per heavy atom. The van der Waals surface area contributed by atoms with Gasteiger partial charge in [-0.1, -0.05) is 66.7 Å². The van der Waals surface area contributed by atoms with E-state index in [4.69, 9.17) is 4.74 Å². The quantitative estimate of drug-likeness (QED) is 0.0827. The van der Waals surface area contributed by atoms with Crippen LogP contribution in [0.1, 0.15) is 37.1 Å². The first-order valence-electron chi connectivity index (χ1n) is 14.5. The van der Waals surface area contributed by atoms with E-state index in [1.165, 1.54) is 18.9 Å². The first-order valence-corrected chi connectivity index (χ1v) is 15.4. The fourth-order valence-corrected chi connectivity index (χ4v) is 5.53. The van der Waals surface area contributed by atoms with E-state index in [2.05, 4.69) is 20.9 Å². The summed E-state index contributed by atoms with van der Waals surface area (Å²) in [6.07, 6.45) is 4.75. The zero-order valence-electron chi connectivity index (χ0n) is 25.3. The number of pyridine rings is 1. The molecule has 9 nitrogen and oxygen atoms in total. The van der Waals surface area contributed by atoms with Crippen LogP contribution in [0.2, 0.25) is 0 Å². The lowest BCUT2D eigenvalue weighted by atomic mass is 10.1. The number of methoxy groups -OCH3 is 1. The fraction of sp³-hybridized carbons (Fsp3) is 0.0541. The number of ether oxygens (including phenoxy) is 1. The summed E-state index contributed by atoms with van der Waals surface area (Å²) in [7, 11) is 1.29. The van der Waals surface area contributed by atoms with E-state index in [-0.39, 0.29) is 17.2 Å². The van der Waals surface area contributed by atoms with Gasteiger partial charge in [0.05, 0.1) is 18.4 Å². The number of aromatic nitrogens is 1. The second-order valence-corrected chi connectivity index (χ2v) is 11.3. The Morgan fingerprint density at radius 2 is 1.45 bits per heavy atom. The SMILES string of the molecule is COC(=O)c1ccccc1NC(=O)C(Sc1ccc(NC(=O)/C(=C/c2cccnc2)NC(=O)c2ccccc2)cc1)c1ccccc1. The third-order valence-corrected chi connectivity index (χ3v) is 8.09. The maximum atomic E-state index is 13.6. The lowest BCUT2D eigenvalue weighted by Gasteiger charge is -2.18. The number of rotatable bonds is 11. The Hall–Kier alpha value is -6.00. The predicted octanol–water partition coefficient (Wildman–Crippen LogP) is 6.75. The lowest BCUT2D eigenvalue weighted by Crippen LogP contribution is -2.30. The second kappa shape index (κ2) is 15.8. The molecule has 0 aliphatic rings. The van der Waals surface area contributed by atoms with Crippen molar-refractivity contribution in [2.75, 3.05) is 17.7 Å². The fourth-order valence-electron chi connectivity index (χ4n) is 4.50. The third kappa shape index (κ3) is 8.80. The van der Waals surface area contributed by atoms with Gasteiger partial charge in [-0.2, -0.15) is 0 Å². The number of hydrogen-bond donors (Lipinski definition) is 3. The van der Waals surface area contributed by atoms with Crippen molar-refractivity contribution in [1.82, 2.24) is 10.3 Å². The molecule has 1 atom stereocenters. The van der Waals surface area contributed by atoms with Gasteiger partial charge in [0.25, 0.3) is 11.8 Å².